The third-order valence-electron chi connectivity index (χ3n) is 4.74. The molecule has 1 aromatic heterocycles. The third kappa shape index (κ3) is 2.83. The Morgan fingerprint density at radius 1 is 1.12 bits per heavy atom. The molecule has 126 valence electrons. The summed E-state index contributed by atoms with van der Waals surface area (Å²) in [5.74, 6) is -0.283. The molecule has 1 aliphatic carbocycles. The molecule has 1 amide bonds. The van der Waals surface area contributed by atoms with E-state index in [0.717, 1.165) is 16.5 Å². The lowest BCUT2D eigenvalue weighted by Gasteiger charge is -2.17. The third-order valence-corrected chi connectivity index (χ3v) is 4.74. The SMILES string of the molecule is O=C(Cn1ccc2ccccc2c1=O)N[C@@H]1Cc2ccccc2[C@H]1O. The minimum atomic E-state index is -0.714. The highest BCUT2D eigenvalue weighted by atomic mass is 16.3. The first-order chi connectivity index (χ1) is 12.1. The van der Waals surface area contributed by atoms with Gasteiger partial charge in [-0.05, 0) is 35.1 Å². The van der Waals surface area contributed by atoms with Gasteiger partial charge in [0.25, 0.3) is 5.56 Å². The molecule has 5 nitrogen and oxygen atoms in total. The number of benzene rings is 2. The van der Waals surface area contributed by atoms with Gasteiger partial charge in [0, 0.05) is 11.6 Å². The summed E-state index contributed by atoms with van der Waals surface area (Å²) in [4.78, 5) is 24.8. The molecule has 0 saturated carbocycles. The first-order valence-electron chi connectivity index (χ1n) is 8.27. The number of carbonyl (C=O) groups excluding carboxylic acids is 1. The molecule has 0 spiro atoms. The quantitative estimate of drug-likeness (QED) is 0.767. The summed E-state index contributed by atoms with van der Waals surface area (Å²) in [6.45, 7) is -0.0662. The van der Waals surface area contributed by atoms with Gasteiger partial charge in [-0.3, -0.25) is 9.59 Å². The molecule has 3 aromatic rings. The molecule has 5 heteroatoms. The Morgan fingerprint density at radius 2 is 1.88 bits per heavy atom. The molecule has 2 aromatic carbocycles. The van der Waals surface area contributed by atoms with Gasteiger partial charge < -0.3 is 15.0 Å². The van der Waals surface area contributed by atoms with Crippen LogP contribution in [0.5, 0.6) is 0 Å². The molecule has 1 heterocycles. The molecular weight excluding hydrogens is 316 g/mol. The van der Waals surface area contributed by atoms with E-state index in [-0.39, 0.29) is 24.1 Å². The minimum absolute atomic E-state index is 0.0662. The Kier molecular flexibility index (Phi) is 3.86. The largest absolute Gasteiger partial charge is 0.386 e. The number of pyridine rings is 1. The van der Waals surface area contributed by atoms with Gasteiger partial charge in [-0.2, -0.15) is 0 Å². The van der Waals surface area contributed by atoms with Gasteiger partial charge >= 0.3 is 0 Å². The van der Waals surface area contributed by atoms with Crippen LogP contribution in [0.25, 0.3) is 10.8 Å². The summed E-state index contributed by atoms with van der Waals surface area (Å²) in [5, 5.41) is 14.7. The Bertz CT molecular complexity index is 1010. The highest BCUT2D eigenvalue weighted by Gasteiger charge is 2.31. The Morgan fingerprint density at radius 3 is 2.72 bits per heavy atom. The fourth-order valence-electron chi connectivity index (χ4n) is 3.47. The van der Waals surface area contributed by atoms with Gasteiger partial charge in [0.15, 0.2) is 0 Å². The van der Waals surface area contributed by atoms with E-state index in [0.29, 0.717) is 11.8 Å². The molecule has 1 aliphatic rings. The van der Waals surface area contributed by atoms with Crippen molar-refractivity contribution in [3.8, 4) is 0 Å². The van der Waals surface area contributed by atoms with Crippen molar-refractivity contribution in [1.82, 2.24) is 9.88 Å². The standard InChI is InChI=1S/C20H18N2O3/c23-18(21-17-11-14-6-2-3-7-15(14)19(17)24)12-22-10-9-13-5-1-4-8-16(13)20(22)25/h1-10,17,19,24H,11-12H2,(H,21,23)/t17-,19-/m1/s1. The van der Waals surface area contributed by atoms with Crippen LogP contribution in [0.2, 0.25) is 0 Å². The van der Waals surface area contributed by atoms with Crippen LogP contribution in [0, 0.1) is 0 Å². The molecule has 2 atom stereocenters. The number of hydrogen-bond donors (Lipinski definition) is 2. The summed E-state index contributed by atoms with van der Waals surface area (Å²) in [6.07, 6.45) is 1.51. The zero-order valence-corrected chi connectivity index (χ0v) is 13.6. The van der Waals surface area contributed by atoms with Crippen molar-refractivity contribution in [1.29, 1.82) is 0 Å². The van der Waals surface area contributed by atoms with Crippen molar-refractivity contribution < 1.29 is 9.90 Å². The van der Waals surface area contributed by atoms with Crippen molar-refractivity contribution in [2.45, 2.75) is 25.1 Å². The van der Waals surface area contributed by atoms with Crippen molar-refractivity contribution in [3.05, 3.63) is 82.3 Å². The topological polar surface area (TPSA) is 71.3 Å². The number of aromatic nitrogens is 1. The molecule has 0 bridgehead atoms. The maximum Gasteiger partial charge on any atom is 0.258 e. The van der Waals surface area contributed by atoms with E-state index in [2.05, 4.69) is 5.32 Å². The number of aliphatic hydroxyl groups excluding tert-OH is 1. The van der Waals surface area contributed by atoms with Crippen molar-refractivity contribution in [2.75, 3.05) is 0 Å². The second kappa shape index (κ2) is 6.18. The fraction of sp³-hybridized carbons (Fsp3) is 0.200. The molecular formula is C20H18N2O3. The van der Waals surface area contributed by atoms with Gasteiger partial charge in [-0.1, -0.05) is 42.5 Å². The number of rotatable bonds is 3. The predicted molar refractivity (Wildman–Crippen MR) is 95.2 cm³/mol. The summed E-state index contributed by atoms with van der Waals surface area (Å²) in [7, 11) is 0. The van der Waals surface area contributed by atoms with E-state index in [1.54, 1.807) is 18.3 Å². The van der Waals surface area contributed by atoms with Gasteiger partial charge in [-0.25, -0.2) is 0 Å². The smallest absolute Gasteiger partial charge is 0.258 e. The van der Waals surface area contributed by atoms with Crippen LogP contribution in [-0.2, 0) is 17.8 Å². The summed E-state index contributed by atoms with van der Waals surface area (Å²) in [6, 6.07) is 16.4. The molecule has 2 N–H and O–H groups in total. The summed E-state index contributed by atoms with van der Waals surface area (Å²) >= 11 is 0. The number of amides is 1. The predicted octanol–water partition coefficient (Wildman–Crippen LogP) is 1.78. The van der Waals surface area contributed by atoms with Gasteiger partial charge in [-0.15, -0.1) is 0 Å². The average Bonchev–Trinajstić information content (AvgIpc) is 2.94. The van der Waals surface area contributed by atoms with E-state index in [9.17, 15) is 14.7 Å². The van der Waals surface area contributed by atoms with Gasteiger partial charge in [0.1, 0.15) is 6.54 Å². The van der Waals surface area contributed by atoms with Crippen LogP contribution in [0.3, 0.4) is 0 Å². The average molecular weight is 334 g/mol. The molecule has 0 fully saturated rings. The second-order valence-electron chi connectivity index (χ2n) is 6.36. The maximum atomic E-state index is 12.5. The van der Waals surface area contributed by atoms with Crippen molar-refractivity contribution >= 4 is 16.7 Å². The molecule has 4 rings (SSSR count). The lowest BCUT2D eigenvalue weighted by atomic mass is 10.1. The molecule has 0 aliphatic heterocycles. The van der Waals surface area contributed by atoms with Crippen molar-refractivity contribution in [3.63, 3.8) is 0 Å². The lowest BCUT2D eigenvalue weighted by Crippen LogP contribution is -2.41. The zero-order valence-electron chi connectivity index (χ0n) is 13.6. The maximum absolute atomic E-state index is 12.5. The van der Waals surface area contributed by atoms with Crippen LogP contribution in [0.1, 0.15) is 17.2 Å². The second-order valence-corrected chi connectivity index (χ2v) is 6.36. The van der Waals surface area contributed by atoms with Crippen LogP contribution in [0.4, 0.5) is 0 Å². The summed E-state index contributed by atoms with van der Waals surface area (Å²) < 4.78 is 1.39. The molecule has 0 saturated heterocycles. The van der Waals surface area contributed by atoms with E-state index in [1.807, 2.05) is 42.5 Å². The molecule has 25 heavy (non-hydrogen) atoms. The highest BCUT2D eigenvalue weighted by Crippen LogP contribution is 2.30. The van der Waals surface area contributed by atoms with E-state index < -0.39 is 6.10 Å². The van der Waals surface area contributed by atoms with Crippen molar-refractivity contribution in [2.24, 2.45) is 0 Å². The van der Waals surface area contributed by atoms with Crippen LogP contribution < -0.4 is 10.9 Å². The Balaban J connectivity index is 1.50. The zero-order chi connectivity index (χ0) is 17.4. The van der Waals surface area contributed by atoms with E-state index in [1.165, 1.54) is 4.57 Å². The number of nitrogens with zero attached hydrogens (tertiary/aromatic N) is 1. The number of hydrogen-bond acceptors (Lipinski definition) is 3. The number of aliphatic hydroxyl groups is 1. The molecule has 0 unspecified atom stereocenters. The highest BCUT2D eigenvalue weighted by molar-refractivity contribution is 5.82. The number of carbonyl (C=O) groups is 1. The monoisotopic (exact) mass is 334 g/mol. The van der Waals surface area contributed by atoms with E-state index >= 15 is 0 Å². The number of nitrogens with one attached hydrogen (secondary N) is 1. The molecule has 0 radical (unpaired) electrons. The first kappa shape index (κ1) is 15.6. The Labute approximate surface area is 144 Å². The van der Waals surface area contributed by atoms with E-state index in [4.69, 9.17) is 0 Å². The van der Waals surface area contributed by atoms with Gasteiger partial charge in [0.05, 0.1) is 12.1 Å². The Hall–Kier alpha value is -2.92. The fourth-order valence-corrected chi connectivity index (χ4v) is 3.47. The van der Waals surface area contributed by atoms with Crippen LogP contribution in [0.15, 0.2) is 65.6 Å². The first-order valence-corrected chi connectivity index (χ1v) is 8.27. The lowest BCUT2D eigenvalue weighted by molar-refractivity contribution is -0.123. The normalized spacial score (nSPS) is 18.9. The van der Waals surface area contributed by atoms with Gasteiger partial charge in [0.2, 0.25) is 5.91 Å². The minimum Gasteiger partial charge on any atom is -0.386 e. The van der Waals surface area contributed by atoms with Crippen LogP contribution in [-0.4, -0.2) is 21.6 Å². The summed E-state index contributed by atoms with van der Waals surface area (Å²) in [5.41, 5.74) is 1.71. The number of fused-ring (bicyclic) bond motifs is 2. The van der Waals surface area contributed by atoms with Crippen LogP contribution >= 0.6 is 0 Å².